The van der Waals surface area contributed by atoms with E-state index in [0.29, 0.717) is 33.7 Å². The zero-order valence-electron chi connectivity index (χ0n) is 19.0. The van der Waals surface area contributed by atoms with Crippen molar-refractivity contribution in [3.05, 3.63) is 95.8 Å². The number of rotatable bonds is 8. The highest BCUT2D eigenvalue weighted by Gasteiger charge is 2.26. The number of aliphatic hydroxyl groups is 1. The molecule has 0 saturated heterocycles. The number of fused-ring (bicyclic) bond motifs is 1. The van der Waals surface area contributed by atoms with Crippen molar-refractivity contribution in [1.29, 1.82) is 0 Å². The van der Waals surface area contributed by atoms with Crippen LogP contribution in [0.4, 0.5) is 18.9 Å². The molecule has 4 aromatic rings. The summed E-state index contributed by atoms with van der Waals surface area (Å²) in [5.74, 6) is -0.388. The van der Waals surface area contributed by atoms with Crippen LogP contribution in [-0.2, 0) is 0 Å². The first-order chi connectivity index (χ1) is 16.7. The van der Waals surface area contributed by atoms with E-state index in [1.54, 1.807) is 71.4 Å². The highest BCUT2D eigenvalue weighted by atomic mass is 19.4. The van der Waals surface area contributed by atoms with Crippen molar-refractivity contribution in [1.82, 2.24) is 9.38 Å². The van der Waals surface area contributed by atoms with Crippen LogP contribution in [0.25, 0.3) is 23.0 Å². The van der Waals surface area contributed by atoms with E-state index in [1.165, 1.54) is 0 Å². The number of anilines is 1. The quantitative estimate of drug-likeness (QED) is 0.294. The predicted molar refractivity (Wildman–Crippen MR) is 130 cm³/mol. The fourth-order valence-corrected chi connectivity index (χ4v) is 3.95. The van der Waals surface area contributed by atoms with Gasteiger partial charge in [0.05, 0.1) is 24.0 Å². The Morgan fingerprint density at radius 2 is 1.94 bits per heavy atom. The third-order valence-electron chi connectivity index (χ3n) is 5.75. The van der Waals surface area contributed by atoms with E-state index < -0.39 is 18.7 Å². The van der Waals surface area contributed by atoms with Crippen LogP contribution < -0.4 is 5.32 Å². The van der Waals surface area contributed by atoms with Crippen molar-refractivity contribution >= 4 is 23.2 Å². The first-order valence-electron chi connectivity index (χ1n) is 11.0. The molecule has 2 aromatic carbocycles. The van der Waals surface area contributed by atoms with Gasteiger partial charge < -0.3 is 10.4 Å². The number of aryl methyl sites for hydroxylation is 1. The molecule has 2 N–H and O–H groups in total. The lowest BCUT2D eigenvalue weighted by molar-refractivity contribution is -0.131. The van der Waals surface area contributed by atoms with Crippen LogP contribution in [-0.4, -0.2) is 33.0 Å². The number of halogens is 3. The van der Waals surface area contributed by atoms with Crippen LogP contribution >= 0.6 is 0 Å². The Labute approximate surface area is 200 Å². The number of imidazole rings is 1. The van der Waals surface area contributed by atoms with Crippen molar-refractivity contribution in [2.75, 3.05) is 11.9 Å². The molecule has 0 aliphatic rings. The average molecular weight is 480 g/mol. The number of aliphatic hydroxyl groups excluding tert-OH is 1. The minimum atomic E-state index is -4.26. The number of carbonyl (C=O) groups is 1. The number of benzene rings is 2. The van der Waals surface area contributed by atoms with Gasteiger partial charge in [-0.05, 0) is 35.7 Å². The average Bonchev–Trinajstić information content (AvgIpc) is 3.27. The number of nitrogens with one attached hydrogen (secondary N) is 1. The summed E-state index contributed by atoms with van der Waals surface area (Å²) in [6.45, 7) is 5.30. The van der Waals surface area contributed by atoms with Crippen LogP contribution in [0.2, 0.25) is 0 Å². The molecule has 0 aliphatic heterocycles. The molecule has 0 amide bonds. The SMILES string of the molecule is C=Cc1cc(NCCC(F)(F)F)c2ncc(-c3ccc(C(O)C(=O)c4ccccc4)c(C)c3)n2c1. The van der Waals surface area contributed by atoms with Gasteiger partial charge in [-0.15, -0.1) is 0 Å². The van der Waals surface area contributed by atoms with Gasteiger partial charge >= 0.3 is 6.18 Å². The summed E-state index contributed by atoms with van der Waals surface area (Å²) in [6, 6.07) is 15.6. The molecule has 0 radical (unpaired) electrons. The van der Waals surface area contributed by atoms with Gasteiger partial charge in [0.25, 0.3) is 0 Å². The van der Waals surface area contributed by atoms with Gasteiger partial charge in [0.1, 0.15) is 6.10 Å². The maximum Gasteiger partial charge on any atom is 0.390 e. The standard InChI is InChI=1S/C27H24F3N3O2/c1-3-18-14-22(31-12-11-27(28,29)30)26-32-15-23(33(26)16-18)20-9-10-21(17(2)13-20)25(35)24(34)19-7-5-4-6-8-19/h3-10,13-16,25,31,35H,1,11-12H2,2H3. The number of hydrogen-bond acceptors (Lipinski definition) is 4. The third-order valence-corrected chi connectivity index (χ3v) is 5.75. The molecule has 2 heterocycles. The second-order valence-corrected chi connectivity index (χ2v) is 8.22. The second-order valence-electron chi connectivity index (χ2n) is 8.22. The van der Waals surface area contributed by atoms with Crippen LogP contribution in [0.5, 0.6) is 0 Å². The Kier molecular flexibility index (Phi) is 6.75. The summed E-state index contributed by atoms with van der Waals surface area (Å²) in [5.41, 5.74) is 4.79. The zero-order valence-corrected chi connectivity index (χ0v) is 19.0. The van der Waals surface area contributed by atoms with Gasteiger partial charge in [0.15, 0.2) is 11.4 Å². The molecule has 1 unspecified atom stereocenters. The van der Waals surface area contributed by atoms with E-state index in [1.807, 2.05) is 13.0 Å². The molecule has 5 nitrogen and oxygen atoms in total. The smallest absolute Gasteiger partial charge is 0.382 e. The van der Waals surface area contributed by atoms with Gasteiger partial charge in [0.2, 0.25) is 0 Å². The van der Waals surface area contributed by atoms with E-state index >= 15 is 0 Å². The van der Waals surface area contributed by atoms with Crippen molar-refractivity contribution in [2.24, 2.45) is 0 Å². The number of nitrogens with zero attached hydrogens (tertiary/aromatic N) is 2. The molecule has 0 spiro atoms. The molecule has 180 valence electrons. The summed E-state index contributed by atoms with van der Waals surface area (Å²) < 4.78 is 39.6. The molecule has 8 heteroatoms. The van der Waals surface area contributed by atoms with E-state index in [0.717, 1.165) is 11.1 Å². The number of hydrogen-bond donors (Lipinski definition) is 2. The summed E-state index contributed by atoms with van der Waals surface area (Å²) in [7, 11) is 0. The summed E-state index contributed by atoms with van der Waals surface area (Å²) in [4.78, 5) is 17.1. The highest BCUT2D eigenvalue weighted by Crippen LogP contribution is 2.30. The topological polar surface area (TPSA) is 66.6 Å². The van der Waals surface area contributed by atoms with Gasteiger partial charge in [0, 0.05) is 23.9 Å². The van der Waals surface area contributed by atoms with Crippen molar-refractivity contribution in [3.8, 4) is 11.3 Å². The van der Waals surface area contributed by atoms with Crippen molar-refractivity contribution in [2.45, 2.75) is 25.6 Å². The summed E-state index contributed by atoms with van der Waals surface area (Å²) in [5, 5.41) is 13.5. The first-order valence-corrected chi connectivity index (χ1v) is 11.0. The number of pyridine rings is 1. The van der Waals surface area contributed by atoms with E-state index in [9.17, 15) is 23.1 Å². The Morgan fingerprint density at radius 1 is 1.20 bits per heavy atom. The van der Waals surface area contributed by atoms with Gasteiger partial charge in [-0.2, -0.15) is 13.2 Å². The lowest BCUT2D eigenvalue weighted by Crippen LogP contribution is -2.15. The van der Waals surface area contributed by atoms with Gasteiger partial charge in [-0.25, -0.2) is 4.98 Å². The van der Waals surface area contributed by atoms with E-state index in [2.05, 4.69) is 16.9 Å². The summed E-state index contributed by atoms with van der Waals surface area (Å²) in [6.07, 6.45) is -1.47. The number of aromatic nitrogens is 2. The van der Waals surface area contributed by atoms with Crippen LogP contribution in [0.1, 0.15) is 39.6 Å². The van der Waals surface area contributed by atoms with Crippen LogP contribution in [0.15, 0.2) is 73.6 Å². The normalized spacial score (nSPS) is 12.5. The highest BCUT2D eigenvalue weighted by molar-refractivity contribution is 6.00. The maximum atomic E-state index is 12.7. The molecule has 4 rings (SSSR count). The van der Waals surface area contributed by atoms with Gasteiger partial charge in [-0.1, -0.05) is 55.1 Å². The molecular formula is C27H24F3N3O2. The molecule has 0 bridgehead atoms. The molecule has 2 aromatic heterocycles. The number of ketones is 1. The van der Waals surface area contributed by atoms with Crippen molar-refractivity contribution in [3.63, 3.8) is 0 Å². The minimum absolute atomic E-state index is 0.275. The number of alkyl halides is 3. The zero-order chi connectivity index (χ0) is 25.2. The van der Waals surface area contributed by atoms with Gasteiger partial charge in [-0.3, -0.25) is 9.20 Å². The molecular weight excluding hydrogens is 455 g/mol. The molecule has 0 aliphatic carbocycles. The number of carbonyl (C=O) groups excluding carboxylic acids is 1. The Balaban J connectivity index is 1.66. The largest absolute Gasteiger partial charge is 0.390 e. The first kappa shape index (κ1) is 24.2. The predicted octanol–water partition coefficient (Wildman–Crippen LogP) is 6.23. The molecule has 35 heavy (non-hydrogen) atoms. The maximum absolute atomic E-state index is 12.7. The molecule has 0 saturated carbocycles. The van der Waals surface area contributed by atoms with Crippen molar-refractivity contribution < 1.29 is 23.1 Å². The van der Waals surface area contributed by atoms with E-state index in [4.69, 9.17) is 0 Å². The third kappa shape index (κ3) is 5.27. The monoisotopic (exact) mass is 479 g/mol. The minimum Gasteiger partial charge on any atom is -0.382 e. The molecule has 1 atom stereocenters. The fourth-order valence-electron chi connectivity index (χ4n) is 3.95. The Hall–Kier alpha value is -3.91. The van der Waals surface area contributed by atoms with Crippen LogP contribution in [0.3, 0.4) is 0 Å². The summed E-state index contributed by atoms with van der Waals surface area (Å²) >= 11 is 0. The van der Waals surface area contributed by atoms with Crippen LogP contribution in [0, 0.1) is 6.92 Å². The number of Topliss-reactive ketones (excluding diaryl/α,β-unsaturated/α-hetero) is 1. The fraction of sp³-hybridized carbons (Fsp3) is 0.185. The lowest BCUT2D eigenvalue weighted by Gasteiger charge is -2.15. The molecule has 0 fully saturated rings. The second kappa shape index (κ2) is 9.76. The van der Waals surface area contributed by atoms with E-state index in [-0.39, 0.29) is 12.3 Å². The Morgan fingerprint density at radius 3 is 2.60 bits per heavy atom. The lowest BCUT2D eigenvalue weighted by atomic mass is 9.94. The Bertz CT molecular complexity index is 1380.